The number of likely N-dealkylation sites (N-methyl/N-ethyl adjacent to an activating group) is 1. The molecule has 0 aliphatic heterocycles. The number of rotatable bonds is 6. The summed E-state index contributed by atoms with van der Waals surface area (Å²) >= 11 is 0. The Labute approximate surface area is 123 Å². The molecule has 1 fully saturated rings. The fourth-order valence-electron chi connectivity index (χ4n) is 3.29. The molecule has 0 spiro atoms. The number of methoxy groups -OCH3 is 1. The molecule has 20 heavy (non-hydrogen) atoms. The molecule has 1 aromatic rings. The zero-order valence-electron chi connectivity index (χ0n) is 13.3. The molecule has 1 aliphatic carbocycles. The van der Waals surface area contributed by atoms with E-state index in [1.54, 1.807) is 7.11 Å². The van der Waals surface area contributed by atoms with Crippen LogP contribution in [0.15, 0.2) is 24.3 Å². The predicted octanol–water partition coefficient (Wildman–Crippen LogP) is 3.22. The van der Waals surface area contributed by atoms with Crippen LogP contribution in [0.2, 0.25) is 0 Å². The van der Waals surface area contributed by atoms with Gasteiger partial charge < -0.3 is 15.0 Å². The summed E-state index contributed by atoms with van der Waals surface area (Å²) in [5.41, 5.74) is 1.57. The predicted molar refractivity (Wildman–Crippen MR) is 84.3 cm³/mol. The molecule has 1 N–H and O–H groups in total. The molecule has 0 aromatic heterocycles. The first kappa shape index (κ1) is 15.3. The van der Waals surface area contributed by atoms with Crippen molar-refractivity contribution in [2.75, 3.05) is 27.7 Å². The molecule has 1 aromatic carbocycles. The van der Waals surface area contributed by atoms with Gasteiger partial charge in [0.25, 0.3) is 0 Å². The summed E-state index contributed by atoms with van der Waals surface area (Å²) in [6, 6.07) is 8.59. The zero-order valence-corrected chi connectivity index (χ0v) is 13.3. The van der Waals surface area contributed by atoms with Crippen LogP contribution in [0.5, 0.6) is 5.75 Å². The van der Waals surface area contributed by atoms with Crippen molar-refractivity contribution < 1.29 is 4.74 Å². The lowest BCUT2D eigenvalue weighted by Crippen LogP contribution is -2.50. The fourth-order valence-corrected chi connectivity index (χ4v) is 3.29. The first-order valence-electron chi connectivity index (χ1n) is 7.63. The summed E-state index contributed by atoms with van der Waals surface area (Å²) in [6.07, 6.45) is 5.29. The second kappa shape index (κ2) is 6.59. The van der Waals surface area contributed by atoms with Crippen molar-refractivity contribution in [1.29, 1.82) is 0 Å². The molecule has 112 valence electrons. The van der Waals surface area contributed by atoms with Crippen molar-refractivity contribution in [3.63, 3.8) is 0 Å². The van der Waals surface area contributed by atoms with E-state index >= 15 is 0 Å². The lowest BCUT2D eigenvalue weighted by Gasteiger charge is -2.37. The van der Waals surface area contributed by atoms with E-state index in [9.17, 15) is 0 Å². The van der Waals surface area contributed by atoms with Crippen molar-refractivity contribution in [2.24, 2.45) is 0 Å². The van der Waals surface area contributed by atoms with Gasteiger partial charge >= 0.3 is 0 Å². The van der Waals surface area contributed by atoms with Crippen LogP contribution in [0, 0.1) is 0 Å². The van der Waals surface area contributed by atoms with E-state index in [0.29, 0.717) is 11.6 Å². The summed E-state index contributed by atoms with van der Waals surface area (Å²) in [5.74, 6) is 0.970. The normalized spacial score (nSPS) is 19.2. The Balaban J connectivity index is 2.02. The Morgan fingerprint density at radius 1 is 1.25 bits per heavy atom. The molecule has 1 atom stereocenters. The average molecular weight is 276 g/mol. The largest absolute Gasteiger partial charge is 0.496 e. The van der Waals surface area contributed by atoms with Crippen molar-refractivity contribution in [2.45, 2.75) is 44.2 Å². The van der Waals surface area contributed by atoms with Gasteiger partial charge in [0.15, 0.2) is 0 Å². The van der Waals surface area contributed by atoms with Crippen molar-refractivity contribution in [3.8, 4) is 5.75 Å². The summed E-state index contributed by atoms with van der Waals surface area (Å²) in [6.45, 7) is 3.26. The Kier molecular flexibility index (Phi) is 5.06. The smallest absolute Gasteiger partial charge is 0.123 e. The molecule has 0 bridgehead atoms. The number of hydrogen-bond donors (Lipinski definition) is 1. The minimum Gasteiger partial charge on any atom is -0.496 e. The number of nitrogens with zero attached hydrogens (tertiary/aromatic N) is 1. The highest BCUT2D eigenvalue weighted by molar-refractivity contribution is 5.35. The molecule has 1 aliphatic rings. The standard InChI is InChI=1S/C17H28N2O/c1-14(15-9-5-6-10-16(15)20-4)18-13-17(19(2)3)11-7-8-12-17/h5-6,9-10,14,18H,7-8,11-13H2,1-4H3. The number of ether oxygens (including phenoxy) is 1. The number of benzene rings is 1. The van der Waals surface area contributed by atoms with Gasteiger partial charge in [-0.25, -0.2) is 0 Å². The van der Waals surface area contributed by atoms with Gasteiger partial charge in [0.2, 0.25) is 0 Å². The van der Waals surface area contributed by atoms with Gasteiger partial charge in [-0.2, -0.15) is 0 Å². The average Bonchev–Trinajstić information content (AvgIpc) is 2.95. The van der Waals surface area contributed by atoms with Gasteiger partial charge in [-0.1, -0.05) is 31.0 Å². The molecule has 3 heteroatoms. The van der Waals surface area contributed by atoms with Crippen LogP contribution in [-0.2, 0) is 0 Å². The Morgan fingerprint density at radius 3 is 2.50 bits per heavy atom. The molecule has 0 amide bonds. The van der Waals surface area contributed by atoms with Gasteiger partial charge in [-0.3, -0.25) is 0 Å². The first-order valence-corrected chi connectivity index (χ1v) is 7.63. The number of nitrogens with one attached hydrogen (secondary N) is 1. The summed E-state index contributed by atoms with van der Waals surface area (Å²) in [5, 5.41) is 3.72. The van der Waals surface area contributed by atoms with Crippen molar-refractivity contribution in [1.82, 2.24) is 10.2 Å². The Bertz CT molecular complexity index is 425. The molecule has 1 unspecified atom stereocenters. The minimum absolute atomic E-state index is 0.309. The second-order valence-electron chi connectivity index (χ2n) is 6.17. The Morgan fingerprint density at radius 2 is 1.90 bits per heavy atom. The van der Waals surface area contributed by atoms with Crippen LogP contribution in [0.1, 0.15) is 44.2 Å². The first-order chi connectivity index (χ1) is 9.59. The summed E-state index contributed by atoms with van der Waals surface area (Å²) < 4.78 is 5.46. The van der Waals surface area contributed by atoms with Gasteiger partial charge in [0.05, 0.1) is 7.11 Å². The van der Waals surface area contributed by atoms with Crippen LogP contribution in [0.4, 0.5) is 0 Å². The van der Waals surface area contributed by atoms with Crippen LogP contribution < -0.4 is 10.1 Å². The van der Waals surface area contributed by atoms with Crippen LogP contribution in [0.3, 0.4) is 0 Å². The Hall–Kier alpha value is -1.06. The second-order valence-corrected chi connectivity index (χ2v) is 6.17. The molecule has 0 saturated heterocycles. The topological polar surface area (TPSA) is 24.5 Å². The third-order valence-electron chi connectivity index (χ3n) is 4.83. The highest BCUT2D eigenvalue weighted by atomic mass is 16.5. The van der Waals surface area contributed by atoms with E-state index < -0.39 is 0 Å². The number of para-hydroxylation sites is 1. The van der Waals surface area contributed by atoms with E-state index in [4.69, 9.17) is 4.74 Å². The fraction of sp³-hybridized carbons (Fsp3) is 0.647. The summed E-state index contributed by atoms with van der Waals surface area (Å²) in [4.78, 5) is 2.40. The lowest BCUT2D eigenvalue weighted by molar-refractivity contribution is 0.150. The van der Waals surface area contributed by atoms with Crippen LogP contribution >= 0.6 is 0 Å². The monoisotopic (exact) mass is 276 g/mol. The SMILES string of the molecule is COc1ccccc1C(C)NCC1(N(C)C)CCCC1. The molecule has 1 saturated carbocycles. The maximum atomic E-state index is 5.46. The van der Waals surface area contributed by atoms with Crippen molar-refractivity contribution >= 4 is 0 Å². The zero-order chi connectivity index (χ0) is 14.6. The van der Waals surface area contributed by atoms with E-state index in [2.05, 4.69) is 43.4 Å². The van der Waals surface area contributed by atoms with Crippen molar-refractivity contribution in [3.05, 3.63) is 29.8 Å². The number of hydrogen-bond acceptors (Lipinski definition) is 3. The van der Waals surface area contributed by atoms with Gasteiger partial charge in [-0.15, -0.1) is 0 Å². The van der Waals surface area contributed by atoms with E-state index in [1.165, 1.54) is 31.2 Å². The molecule has 2 rings (SSSR count). The van der Waals surface area contributed by atoms with E-state index in [-0.39, 0.29) is 0 Å². The maximum Gasteiger partial charge on any atom is 0.123 e. The quantitative estimate of drug-likeness (QED) is 0.863. The molecular weight excluding hydrogens is 248 g/mol. The highest BCUT2D eigenvalue weighted by Gasteiger charge is 2.35. The molecule has 0 radical (unpaired) electrons. The van der Waals surface area contributed by atoms with E-state index in [1.807, 2.05) is 12.1 Å². The highest BCUT2D eigenvalue weighted by Crippen LogP contribution is 2.34. The molecule has 3 nitrogen and oxygen atoms in total. The van der Waals surface area contributed by atoms with E-state index in [0.717, 1.165) is 12.3 Å². The third-order valence-corrected chi connectivity index (χ3v) is 4.83. The molecular formula is C17H28N2O. The summed E-state index contributed by atoms with van der Waals surface area (Å²) in [7, 11) is 6.16. The van der Waals surface area contributed by atoms with Crippen LogP contribution in [0.25, 0.3) is 0 Å². The van der Waals surface area contributed by atoms with Crippen LogP contribution in [-0.4, -0.2) is 38.2 Å². The van der Waals surface area contributed by atoms with Gasteiger partial charge in [0.1, 0.15) is 5.75 Å². The third kappa shape index (κ3) is 3.15. The van der Waals surface area contributed by atoms with Gasteiger partial charge in [0, 0.05) is 23.7 Å². The minimum atomic E-state index is 0.309. The van der Waals surface area contributed by atoms with Gasteiger partial charge in [-0.05, 0) is 39.9 Å². The maximum absolute atomic E-state index is 5.46. The molecule has 0 heterocycles. The lowest BCUT2D eigenvalue weighted by atomic mass is 9.95.